The molecule has 0 radical (unpaired) electrons. The number of aliphatic hydroxyl groups excluding tert-OH is 1. The van der Waals surface area contributed by atoms with Crippen molar-refractivity contribution in [3.63, 3.8) is 0 Å². The van der Waals surface area contributed by atoms with E-state index in [0.29, 0.717) is 29.2 Å². The number of carbonyl (C=O) groups is 2. The lowest BCUT2D eigenvalue weighted by Gasteiger charge is -2.16. The number of hydrogen-bond acceptors (Lipinski definition) is 6. The Hall–Kier alpha value is -3.72. The maximum Gasteiger partial charge on any atom is 0.273 e. The second kappa shape index (κ2) is 11.9. The van der Waals surface area contributed by atoms with Gasteiger partial charge in [0.15, 0.2) is 0 Å². The first-order chi connectivity index (χ1) is 16.4. The number of hydrogen-bond donors (Lipinski definition) is 4. The number of aromatic hydroxyl groups is 1. The number of carbonyl (C=O) groups excluding carboxylic acids is 2. The molecule has 0 atom stereocenters. The number of anilines is 1. The molecule has 3 aromatic rings. The zero-order chi connectivity index (χ0) is 24.5. The molecular formula is C25H25ClN4O4. The highest BCUT2D eigenvalue weighted by atomic mass is 35.5. The molecule has 0 aliphatic heterocycles. The predicted molar refractivity (Wildman–Crippen MR) is 132 cm³/mol. The van der Waals surface area contributed by atoms with E-state index >= 15 is 0 Å². The minimum absolute atomic E-state index is 0.0515. The molecule has 0 fully saturated rings. The van der Waals surface area contributed by atoms with Crippen LogP contribution in [-0.4, -0.2) is 53.3 Å². The maximum absolute atomic E-state index is 12.9. The lowest BCUT2D eigenvalue weighted by molar-refractivity contribution is 0.0956. The summed E-state index contributed by atoms with van der Waals surface area (Å²) in [5, 5.41) is 25.6. The zero-order valence-electron chi connectivity index (χ0n) is 18.5. The van der Waals surface area contributed by atoms with Gasteiger partial charge >= 0.3 is 0 Å². The van der Waals surface area contributed by atoms with Crippen LogP contribution in [0.1, 0.15) is 31.8 Å². The van der Waals surface area contributed by atoms with Crippen molar-refractivity contribution in [2.45, 2.75) is 6.54 Å². The summed E-state index contributed by atoms with van der Waals surface area (Å²) in [7, 11) is 1.88. The van der Waals surface area contributed by atoms with E-state index in [9.17, 15) is 14.7 Å². The summed E-state index contributed by atoms with van der Waals surface area (Å²) in [5.41, 5.74) is 4.77. The monoisotopic (exact) mass is 480 g/mol. The minimum Gasteiger partial charge on any atom is -0.508 e. The molecule has 0 aromatic heterocycles. The average molecular weight is 481 g/mol. The van der Waals surface area contributed by atoms with Gasteiger partial charge in [-0.3, -0.25) is 14.5 Å². The largest absolute Gasteiger partial charge is 0.508 e. The second-order valence-electron chi connectivity index (χ2n) is 7.60. The molecule has 34 heavy (non-hydrogen) atoms. The van der Waals surface area contributed by atoms with Crippen molar-refractivity contribution in [2.75, 3.05) is 25.5 Å². The first-order valence-electron chi connectivity index (χ1n) is 10.5. The lowest BCUT2D eigenvalue weighted by atomic mass is 10.1. The van der Waals surface area contributed by atoms with Gasteiger partial charge in [0.2, 0.25) is 0 Å². The van der Waals surface area contributed by atoms with Gasteiger partial charge in [-0.05, 0) is 60.6 Å². The highest BCUT2D eigenvalue weighted by Crippen LogP contribution is 2.22. The van der Waals surface area contributed by atoms with E-state index in [2.05, 4.69) is 15.8 Å². The van der Waals surface area contributed by atoms with Crippen molar-refractivity contribution in [1.29, 1.82) is 0 Å². The van der Waals surface area contributed by atoms with Gasteiger partial charge in [0.25, 0.3) is 11.8 Å². The number of amides is 2. The van der Waals surface area contributed by atoms with Gasteiger partial charge in [-0.25, -0.2) is 5.43 Å². The molecule has 176 valence electrons. The number of phenols is 1. The van der Waals surface area contributed by atoms with Gasteiger partial charge in [0.05, 0.1) is 24.1 Å². The number of likely N-dealkylation sites (N-methyl/N-ethyl adjacent to an activating group) is 1. The van der Waals surface area contributed by atoms with E-state index in [-0.39, 0.29) is 29.5 Å². The van der Waals surface area contributed by atoms with E-state index < -0.39 is 5.91 Å². The van der Waals surface area contributed by atoms with Crippen LogP contribution in [0, 0.1) is 0 Å². The summed E-state index contributed by atoms with van der Waals surface area (Å²) < 4.78 is 0. The van der Waals surface area contributed by atoms with Crippen LogP contribution in [-0.2, 0) is 6.54 Å². The van der Waals surface area contributed by atoms with Crippen LogP contribution in [0.25, 0.3) is 0 Å². The molecule has 0 aliphatic rings. The Morgan fingerprint density at radius 1 is 1.06 bits per heavy atom. The fourth-order valence-electron chi connectivity index (χ4n) is 3.21. The Morgan fingerprint density at radius 3 is 2.62 bits per heavy atom. The minimum atomic E-state index is -0.561. The van der Waals surface area contributed by atoms with Crippen molar-refractivity contribution < 1.29 is 19.8 Å². The van der Waals surface area contributed by atoms with Gasteiger partial charge < -0.3 is 15.5 Å². The Morgan fingerprint density at radius 2 is 1.85 bits per heavy atom. The van der Waals surface area contributed by atoms with Crippen LogP contribution in [0.5, 0.6) is 5.75 Å². The number of nitrogens with zero attached hydrogens (tertiary/aromatic N) is 2. The fraction of sp³-hybridized carbons (Fsp3) is 0.160. The van der Waals surface area contributed by atoms with Crippen molar-refractivity contribution in [3.05, 3.63) is 94.0 Å². The molecule has 3 aromatic carbocycles. The van der Waals surface area contributed by atoms with Crippen LogP contribution in [0.15, 0.2) is 71.8 Å². The highest BCUT2D eigenvalue weighted by molar-refractivity contribution is 6.31. The molecule has 2 amide bonds. The average Bonchev–Trinajstić information content (AvgIpc) is 2.80. The van der Waals surface area contributed by atoms with Crippen LogP contribution in [0.4, 0.5) is 5.69 Å². The maximum atomic E-state index is 12.9. The molecule has 9 heteroatoms. The van der Waals surface area contributed by atoms with Crippen molar-refractivity contribution in [1.82, 2.24) is 10.3 Å². The van der Waals surface area contributed by atoms with E-state index in [0.717, 1.165) is 5.56 Å². The Balaban J connectivity index is 1.73. The van der Waals surface area contributed by atoms with E-state index in [4.69, 9.17) is 16.7 Å². The quantitative estimate of drug-likeness (QED) is 0.276. The summed E-state index contributed by atoms with van der Waals surface area (Å²) in [5.74, 6) is -0.862. The van der Waals surface area contributed by atoms with E-state index in [1.807, 2.05) is 18.0 Å². The van der Waals surface area contributed by atoms with Crippen molar-refractivity contribution in [2.24, 2.45) is 5.10 Å². The molecule has 4 N–H and O–H groups in total. The lowest BCUT2D eigenvalue weighted by Crippen LogP contribution is -2.22. The normalized spacial score (nSPS) is 11.1. The van der Waals surface area contributed by atoms with Gasteiger partial charge in [-0.1, -0.05) is 35.9 Å². The molecule has 0 unspecified atom stereocenters. The summed E-state index contributed by atoms with van der Waals surface area (Å²) in [6.07, 6.45) is 1.39. The topological polar surface area (TPSA) is 114 Å². The summed E-state index contributed by atoms with van der Waals surface area (Å²) >= 11 is 6.08. The molecule has 0 spiro atoms. The third-order valence-electron chi connectivity index (χ3n) is 4.85. The van der Waals surface area contributed by atoms with Gasteiger partial charge in [-0.2, -0.15) is 5.10 Å². The summed E-state index contributed by atoms with van der Waals surface area (Å²) in [6, 6.07) is 18.1. The van der Waals surface area contributed by atoms with E-state index in [1.165, 1.54) is 24.4 Å². The number of benzene rings is 3. The smallest absolute Gasteiger partial charge is 0.273 e. The van der Waals surface area contributed by atoms with Crippen LogP contribution < -0.4 is 10.7 Å². The zero-order valence-corrected chi connectivity index (χ0v) is 19.3. The first kappa shape index (κ1) is 24.9. The Bertz CT molecular complexity index is 1200. The van der Waals surface area contributed by atoms with Crippen LogP contribution in [0.3, 0.4) is 0 Å². The molecular weight excluding hydrogens is 456 g/mol. The van der Waals surface area contributed by atoms with Crippen LogP contribution in [0.2, 0.25) is 5.02 Å². The number of phenolic OH excluding ortho intramolecular Hbond substituents is 1. The number of hydrazone groups is 1. The number of rotatable bonds is 9. The molecule has 0 bridgehead atoms. The fourth-order valence-corrected chi connectivity index (χ4v) is 3.38. The molecule has 3 rings (SSSR count). The highest BCUT2D eigenvalue weighted by Gasteiger charge is 2.15. The SMILES string of the molecule is CN(CCO)Cc1cccc(C(=O)Nc2ccc(Cl)cc2C(=O)NN=Cc2cccc(O)c2)c1. The summed E-state index contributed by atoms with van der Waals surface area (Å²) in [4.78, 5) is 27.5. The molecule has 0 saturated carbocycles. The second-order valence-corrected chi connectivity index (χ2v) is 8.04. The van der Waals surface area contributed by atoms with Gasteiger partial charge in [0, 0.05) is 23.7 Å². The van der Waals surface area contributed by atoms with Gasteiger partial charge in [-0.15, -0.1) is 0 Å². The number of nitrogens with one attached hydrogen (secondary N) is 2. The molecule has 8 nitrogen and oxygen atoms in total. The van der Waals surface area contributed by atoms with E-state index in [1.54, 1.807) is 42.5 Å². The first-order valence-corrected chi connectivity index (χ1v) is 10.8. The molecule has 0 saturated heterocycles. The third kappa shape index (κ3) is 7.14. The Labute approximate surface area is 202 Å². The van der Waals surface area contributed by atoms with Crippen molar-refractivity contribution >= 4 is 35.3 Å². The van der Waals surface area contributed by atoms with Crippen LogP contribution >= 0.6 is 11.6 Å². The number of halogens is 1. The number of aliphatic hydroxyl groups is 1. The molecule has 0 aliphatic carbocycles. The Kier molecular flexibility index (Phi) is 8.75. The van der Waals surface area contributed by atoms with Crippen molar-refractivity contribution in [3.8, 4) is 5.75 Å². The summed E-state index contributed by atoms with van der Waals surface area (Å²) in [6.45, 7) is 1.15. The third-order valence-corrected chi connectivity index (χ3v) is 5.08. The van der Waals surface area contributed by atoms with Gasteiger partial charge in [0.1, 0.15) is 5.75 Å². The predicted octanol–water partition coefficient (Wildman–Crippen LogP) is 3.49. The standard InChI is InChI=1S/C25H25ClN4O4/c1-30(10-11-31)16-18-5-2-6-19(12-18)24(33)28-23-9-8-20(26)14-22(23)25(34)29-27-15-17-4-3-7-21(32)13-17/h2-9,12-15,31-32H,10-11,16H2,1H3,(H,28,33)(H,29,34). The molecule has 0 heterocycles.